The Hall–Kier alpha value is -1.82. The third-order valence-corrected chi connectivity index (χ3v) is 5.03. The number of thiophene rings is 1. The summed E-state index contributed by atoms with van der Waals surface area (Å²) in [5.74, 6) is 0.600. The lowest BCUT2D eigenvalue weighted by molar-refractivity contribution is 0.0921. The Morgan fingerprint density at radius 1 is 1.52 bits per heavy atom. The molecule has 2 aromatic rings. The van der Waals surface area contributed by atoms with Crippen LogP contribution in [0.25, 0.3) is 10.6 Å². The molecule has 0 fully saturated rings. The van der Waals surface area contributed by atoms with Gasteiger partial charge in [-0.25, -0.2) is 0 Å². The van der Waals surface area contributed by atoms with E-state index in [4.69, 9.17) is 0 Å². The first kappa shape index (κ1) is 14.1. The van der Waals surface area contributed by atoms with Crippen molar-refractivity contribution >= 4 is 22.2 Å². The minimum atomic E-state index is 0.0354. The van der Waals surface area contributed by atoms with Gasteiger partial charge in [0, 0.05) is 19.3 Å². The van der Waals surface area contributed by atoms with Crippen molar-refractivity contribution in [2.75, 3.05) is 12.4 Å². The van der Waals surface area contributed by atoms with Gasteiger partial charge in [0.05, 0.1) is 16.1 Å². The summed E-state index contributed by atoms with van der Waals surface area (Å²) >= 11 is 1.61. The average Bonchev–Trinajstić information content (AvgIpc) is 3.03. The summed E-state index contributed by atoms with van der Waals surface area (Å²) in [6, 6.07) is 2.17. The number of hydrogen-bond donors (Lipinski definition) is 3. The van der Waals surface area contributed by atoms with Crippen molar-refractivity contribution in [2.45, 2.75) is 32.7 Å². The van der Waals surface area contributed by atoms with E-state index in [0.717, 1.165) is 39.5 Å². The van der Waals surface area contributed by atoms with E-state index < -0.39 is 0 Å². The van der Waals surface area contributed by atoms with E-state index in [1.54, 1.807) is 17.5 Å². The highest BCUT2D eigenvalue weighted by atomic mass is 32.1. The van der Waals surface area contributed by atoms with Gasteiger partial charge >= 0.3 is 0 Å². The Morgan fingerprint density at radius 2 is 2.33 bits per heavy atom. The number of amides is 1. The molecule has 3 N–H and O–H groups in total. The number of aromatic amines is 1. The molecule has 0 bridgehead atoms. The highest BCUT2D eigenvalue weighted by Gasteiger charge is 2.32. The van der Waals surface area contributed by atoms with Crippen LogP contribution in [0.1, 0.15) is 36.2 Å². The van der Waals surface area contributed by atoms with Gasteiger partial charge in [-0.15, -0.1) is 11.3 Å². The minimum absolute atomic E-state index is 0.0354. The SMILES string of the molecule is CNc1sc(-c2ccn[nH]2)c2c1C(=O)NC(CC(C)C)C2. The summed E-state index contributed by atoms with van der Waals surface area (Å²) in [5, 5.41) is 14.3. The number of H-pyrrole nitrogens is 1. The van der Waals surface area contributed by atoms with Gasteiger partial charge in [-0.05, 0) is 30.4 Å². The van der Waals surface area contributed by atoms with Gasteiger partial charge in [0.2, 0.25) is 0 Å². The van der Waals surface area contributed by atoms with Crippen molar-refractivity contribution in [3.8, 4) is 10.6 Å². The molecule has 1 aliphatic heterocycles. The Morgan fingerprint density at radius 3 is 2.95 bits per heavy atom. The zero-order valence-corrected chi connectivity index (χ0v) is 13.3. The van der Waals surface area contributed by atoms with Gasteiger partial charge in [-0.2, -0.15) is 5.10 Å². The first-order valence-corrected chi connectivity index (χ1v) is 8.05. The molecule has 21 heavy (non-hydrogen) atoms. The summed E-state index contributed by atoms with van der Waals surface area (Å²) < 4.78 is 0. The summed E-state index contributed by atoms with van der Waals surface area (Å²) in [5.41, 5.74) is 2.92. The molecule has 1 aliphatic rings. The molecule has 2 aromatic heterocycles. The lowest BCUT2D eigenvalue weighted by atomic mass is 9.91. The number of nitrogens with zero attached hydrogens (tertiary/aromatic N) is 1. The van der Waals surface area contributed by atoms with E-state index in [-0.39, 0.29) is 11.9 Å². The Labute approximate surface area is 128 Å². The van der Waals surface area contributed by atoms with Gasteiger partial charge in [0.25, 0.3) is 5.91 Å². The van der Waals surface area contributed by atoms with Crippen molar-refractivity contribution in [1.29, 1.82) is 0 Å². The van der Waals surface area contributed by atoms with Crippen LogP contribution in [0.4, 0.5) is 5.00 Å². The lowest BCUT2D eigenvalue weighted by Crippen LogP contribution is -2.42. The molecule has 6 heteroatoms. The largest absolute Gasteiger partial charge is 0.379 e. The van der Waals surface area contributed by atoms with E-state index in [1.807, 2.05) is 13.1 Å². The Bertz CT molecular complexity index is 645. The second kappa shape index (κ2) is 5.52. The molecule has 0 aromatic carbocycles. The second-order valence-corrected chi connectivity index (χ2v) is 6.86. The molecule has 0 spiro atoms. The van der Waals surface area contributed by atoms with Gasteiger partial charge in [0.15, 0.2) is 0 Å². The number of nitrogens with one attached hydrogen (secondary N) is 3. The smallest absolute Gasteiger partial charge is 0.254 e. The van der Waals surface area contributed by atoms with Crippen LogP contribution < -0.4 is 10.6 Å². The van der Waals surface area contributed by atoms with Crippen LogP contribution >= 0.6 is 11.3 Å². The summed E-state index contributed by atoms with van der Waals surface area (Å²) in [4.78, 5) is 13.6. The topological polar surface area (TPSA) is 69.8 Å². The van der Waals surface area contributed by atoms with Crippen LogP contribution in [0, 0.1) is 5.92 Å². The van der Waals surface area contributed by atoms with E-state index in [9.17, 15) is 4.79 Å². The van der Waals surface area contributed by atoms with E-state index in [1.165, 1.54) is 0 Å². The maximum atomic E-state index is 12.5. The molecule has 1 amide bonds. The van der Waals surface area contributed by atoms with Gasteiger partial charge in [-0.1, -0.05) is 13.8 Å². The van der Waals surface area contributed by atoms with E-state index >= 15 is 0 Å². The van der Waals surface area contributed by atoms with Gasteiger partial charge in [0.1, 0.15) is 5.00 Å². The van der Waals surface area contributed by atoms with E-state index in [0.29, 0.717) is 5.92 Å². The quantitative estimate of drug-likeness (QED) is 0.813. The van der Waals surface area contributed by atoms with Crippen molar-refractivity contribution in [3.63, 3.8) is 0 Å². The van der Waals surface area contributed by atoms with Gasteiger partial charge < -0.3 is 10.6 Å². The van der Waals surface area contributed by atoms with Crippen LogP contribution in [0.15, 0.2) is 12.3 Å². The highest BCUT2D eigenvalue weighted by molar-refractivity contribution is 7.20. The first-order valence-electron chi connectivity index (χ1n) is 7.24. The highest BCUT2D eigenvalue weighted by Crippen LogP contribution is 2.41. The number of rotatable bonds is 4. The van der Waals surface area contributed by atoms with Crippen molar-refractivity contribution in [1.82, 2.24) is 15.5 Å². The molecule has 3 rings (SSSR count). The number of carbonyl (C=O) groups is 1. The summed E-state index contributed by atoms with van der Waals surface area (Å²) in [6.45, 7) is 4.37. The number of aromatic nitrogens is 2. The molecule has 0 saturated heterocycles. The van der Waals surface area contributed by atoms with Crippen LogP contribution in [-0.4, -0.2) is 29.2 Å². The monoisotopic (exact) mass is 304 g/mol. The molecule has 1 atom stereocenters. The fourth-order valence-corrected chi connectivity index (χ4v) is 4.10. The average molecular weight is 304 g/mol. The fraction of sp³-hybridized carbons (Fsp3) is 0.467. The second-order valence-electron chi connectivity index (χ2n) is 5.84. The molecular formula is C15H20N4OS. The Balaban J connectivity index is 2.04. The third kappa shape index (κ3) is 2.55. The van der Waals surface area contributed by atoms with Crippen molar-refractivity contribution in [2.24, 2.45) is 5.92 Å². The predicted molar refractivity (Wildman–Crippen MR) is 85.9 cm³/mol. The molecular weight excluding hydrogens is 284 g/mol. The molecule has 3 heterocycles. The molecule has 1 unspecified atom stereocenters. The zero-order valence-electron chi connectivity index (χ0n) is 12.5. The minimum Gasteiger partial charge on any atom is -0.379 e. The molecule has 0 aliphatic carbocycles. The van der Waals surface area contributed by atoms with Crippen LogP contribution in [0.3, 0.4) is 0 Å². The number of carbonyl (C=O) groups excluding carboxylic acids is 1. The zero-order chi connectivity index (χ0) is 15.0. The molecule has 112 valence electrons. The summed E-state index contributed by atoms with van der Waals surface area (Å²) in [6.07, 6.45) is 3.62. The lowest BCUT2D eigenvalue weighted by Gasteiger charge is -2.26. The van der Waals surface area contributed by atoms with E-state index in [2.05, 4.69) is 34.7 Å². The maximum absolute atomic E-state index is 12.5. The first-order chi connectivity index (χ1) is 10.1. The molecule has 0 saturated carbocycles. The molecule has 0 radical (unpaired) electrons. The normalized spacial score (nSPS) is 17.7. The Kier molecular flexibility index (Phi) is 3.71. The van der Waals surface area contributed by atoms with Crippen molar-refractivity contribution in [3.05, 3.63) is 23.4 Å². The van der Waals surface area contributed by atoms with Crippen LogP contribution in [-0.2, 0) is 6.42 Å². The van der Waals surface area contributed by atoms with Gasteiger partial charge in [-0.3, -0.25) is 9.89 Å². The van der Waals surface area contributed by atoms with Crippen LogP contribution in [0.2, 0.25) is 0 Å². The standard InChI is InChI=1S/C15H20N4OS/c1-8(2)6-9-7-10-12(14(20)18-9)15(16-3)21-13(10)11-4-5-17-19-11/h4-5,8-9,16H,6-7H2,1-3H3,(H,17,19)(H,18,20). The maximum Gasteiger partial charge on any atom is 0.254 e. The molecule has 5 nitrogen and oxygen atoms in total. The van der Waals surface area contributed by atoms with Crippen LogP contribution in [0.5, 0.6) is 0 Å². The summed E-state index contributed by atoms with van der Waals surface area (Å²) in [7, 11) is 1.86. The van der Waals surface area contributed by atoms with Crippen molar-refractivity contribution < 1.29 is 4.79 Å². The predicted octanol–water partition coefficient (Wildman–Crippen LogP) is 2.88. The number of hydrogen-bond acceptors (Lipinski definition) is 4. The third-order valence-electron chi connectivity index (χ3n) is 3.75. The fourth-order valence-electron chi connectivity index (χ4n) is 2.94. The number of fused-ring (bicyclic) bond motifs is 1. The number of anilines is 1.